The zero-order valence-electron chi connectivity index (χ0n) is 17.6. The molecule has 0 aromatic carbocycles. The average molecular weight is 391 g/mol. The lowest BCUT2D eigenvalue weighted by molar-refractivity contribution is -0.160. The van der Waals surface area contributed by atoms with Crippen molar-refractivity contribution in [3.05, 3.63) is 11.6 Å². The molecule has 0 aromatic heterocycles. The fourth-order valence-corrected chi connectivity index (χ4v) is 7.15. The maximum atomic E-state index is 12.2. The molecule has 6 unspecified atom stereocenters. The summed E-state index contributed by atoms with van der Waals surface area (Å²) in [6, 6.07) is 0. The molecule has 0 amide bonds. The van der Waals surface area contributed by atoms with Gasteiger partial charge in [0.25, 0.3) is 5.97 Å². The number of rotatable bonds is 1. The van der Waals surface area contributed by atoms with E-state index in [4.69, 9.17) is 9.90 Å². The van der Waals surface area contributed by atoms with Gasteiger partial charge < -0.3 is 10.2 Å². The summed E-state index contributed by atoms with van der Waals surface area (Å²) in [6.07, 6.45) is 9.37. The van der Waals surface area contributed by atoms with Gasteiger partial charge in [0.15, 0.2) is 11.6 Å². The summed E-state index contributed by atoms with van der Waals surface area (Å²) in [5.41, 5.74) is 0.155. The van der Waals surface area contributed by atoms with Crippen molar-refractivity contribution >= 4 is 17.5 Å². The van der Waals surface area contributed by atoms with Crippen LogP contribution in [0.2, 0.25) is 0 Å². The Morgan fingerprint density at radius 3 is 2.21 bits per heavy atom. The summed E-state index contributed by atoms with van der Waals surface area (Å²) < 4.78 is 0. The van der Waals surface area contributed by atoms with Crippen LogP contribution in [0, 0.1) is 28.6 Å². The van der Waals surface area contributed by atoms with Crippen LogP contribution in [0.25, 0.3) is 0 Å². The van der Waals surface area contributed by atoms with Gasteiger partial charge in [0.05, 0.1) is 0 Å². The lowest BCUT2D eigenvalue weighted by Gasteiger charge is -2.58. The van der Waals surface area contributed by atoms with Crippen LogP contribution in [0.5, 0.6) is 0 Å². The van der Waals surface area contributed by atoms with E-state index in [9.17, 15) is 14.7 Å². The number of ketones is 2. The number of carboxylic acids is 1. The van der Waals surface area contributed by atoms with Crippen molar-refractivity contribution in [1.29, 1.82) is 0 Å². The van der Waals surface area contributed by atoms with Crippen LogP contribution in [0.15, 0.2) is 11.6 Å². The van der Waals surface area contributed by atoms with Gasteiger partial charge in [-0.15, -0.1) is 0 Å². The predicted octanol–water partition coefficient (Wildman–Crippen LogP) is 3.93. The molecule has 0 aromatic rings. The second-order valence-corrected chi connectivity index (χ2v) is 9.90. The van der Waals surface area contributed by atoms with Crippen LogP contribution >= 0.6 is 0 Å². The van der Waals surface area contributed by atoms with Gasteiger partial charge in [-0.25, -0.2) is 0 Å². The van der Waals surface area contributed by atoms with E-state index < -0.39 is 11.6 Å². The predicted molar refractivity (Wildman–Crippen MR) is 106 cm³/mol. The van der Waals surface area contributed by atoms with Gasteiger partial charge in [0.2, 0.25) is 0 Å². The van der Waals surface area contributed by atoms with Gasteiger partial charge in [-0.3, -0.25) is 14.4 Å². The third-order valence-electron chi connectivity index (χ3n) is 8.70. The van der Waals surface area contributed by atoms with Gasteiger partial charge in [-0.1, -0.05) is 19.4 Å². The number of allylic oxidation sites excluding steroid dienone is 1. The van der Waals surface area contributed by atoms with Crippen molar-refractivity contribution in [2.45, 2.75) is 84.7 Å². The normalized spacial score (nSPS) is 44.2. The molecule has 4 aliphatic rings. The SMILES string of the molecule is CC(=O)C1(O)CCC2C3CCC4=CC(=O)CCC4(C)C3CCC21C.CC(=O)O. The smallest absolute Gasteiger partial charge is 0.300 e. The number of carbonyl (C=O) groups excluding carboxylic acids is 2. The third kappa shape index (κ3) is 3.06. The van der Waals surface area contributed by atoms with Crippen LogP contribution < -0.4 is 0 Å². The molecule has 0 bridgehead atoms. The van der Waals surface area contributed by atoms with Gasteiger partial charge in [-0.05, 0) is 81.1 Å². The van der Waals surface area contributed by atoms with Gasteiger partial charge >= 0.3 is 0 Å². The topological polar surface area (TPSA) is 91.7 Å². The molecule has 0 heterocycles. The number of carboxylic acid groups (broad SMARTS) is 1. The zero-order valence-corrected chi connectivity index (χ0v) is 17.6. The molecule has 3 saturated carbocycles. The quantitative estimate of drug-likeness (QED) is 0.708. The van der Waals surface area contributed by atoms with E-state index >= 15 is 0 Å². The fourth-order valence-electron chi connectivity index (χ4n) is 7.15. The highest BCUT2D eigenvalue weighted by Gasteiger charge is 2.65. The van der Waals surface area contributed by atoms with Gasteiger partial charge in [-0.2, -0.15) is 0 Å². The summed E-state index contributed by atoms with van der Waals surface area (Å²) in [5.74, 6) is 1.07. The Morgan fingerprint density at radius 1 is 1.00 bits per heavy atom. The minimum absolute atomic E-state index is 0.0446. The standard InChI is InChI=1S/C21H30O3.C2H4O2/c1-13(22)21(24)11-8-18-16-5-4-14-12-15(23)6-9-19(14,2)17(16)7-10-20(18,21)3;1-2(3)4/h12,16-18,24H,4-11H2,1-3H3;1H3,(H,3,4). The van der Waals surface area contributed by atoms with Gasteiger partial charge in [0.1, 0.15) is 5.60 Å². The summed E-state index contributed by atoms with van der Waals surface area (Å²) in [6.45, 7) is 7.19. The molecule has 0 spiro atoms. The highest BCUT2D eigenvalue weighted by Crippen LogP contribution is 2.67. The molecule has 2 N–H and O–H groups in total. The van der Waals surface area contributed by atoms with Crippen LogP contribution in [0.1, 0.15) is 79.1 Å². The lowest BCUT2D eigenvalue weighted by Crippen LogP contribution is -2.57. The number of hydrogen-bond acceptors (Lipinski definition) is 4. The minimum atomic E-state index is -1.12. The first-order valence-corrected chi connectivity index (χ1v) is 10.6. The molecule has 3 fully saturated rings. The fraction of sp³-hybridized carbons (Fsp3) is 0.783. The minimum Gasteiger partial charge on any atom is -0.481 e. The van der Waals surface area contributed by atoms with Gasteiger partial charge in [0, 0.05) is 18.8 Å². The monoisotopic (exact) mass is 390 g/mol. The number of aliphatic carboxylic acids is 1. The molecule has 4 rings (SSSR count). The Hall–Kier alpha value is -1.49. The molecular weight excluding hydrogens is 356 g/mol. The molecule has 5 heteroatoms. The second-order valence-electron chi connectivity index (χ2n) is 9.90. The number of carbonyl (C=O) groups is 3. The molecule has 0 aliphatic heterocycles. The van der Waals surface area contributed by atoms with Crippen LogP contribution in [0.4, 0.5) is 0 Å². The van der Waals surface area contributed by atoms with Crippen molar-refractivity contribution < 1.29 is 24.6 Å². The maximum absolute atomic E-state index is 12.2. The van der Waals surface area contributed by atoms with Crippen molar-refractivity contribution in [2.75, 3.05) is 0 Å². The lowest BCUT2D eigenvalue weighted by atomic mass is 9.46. The first-order valence-electron chi connectivity index (χ1n) is 10.6. The Labute approximate surface area is 167 Å². The number of fused-ring (bicyclic) bond motifs is 5. The van der Waals surface area contributed by atoms with Crippen LogP contribution in [-0.4, -0.2) is 33.3 Å². The molecule has 6 atom stereocenters. The Kier molecular flexibility index (Phi) is 5.37. The zero-order chi connectivity index (χ0) is 20.9. The molecule has 5 nitrogen and oxygen atoms in total. The molecule has 156 valence electrons. The highest BCUT2D eigenvalue weighted by atomic mass is 16.4. The summed E-state index contributed by atoms with van der Waals surface area (Å²) >= 11 is 0. The van der Waals surface area contributed by atoms with Crippen molar-refractivity contribution in [1.82, 2.24) is 0 Å². The number of aliphatic hydroxyl groups is 1. The highest BCUT2D eigenvalue weighted by molar-refractivity contribution is 5.91. The van der Waals surface area contributed by atoms with E-state index in [-0.39, 0.29) is 16.6 Å². The van der Waals surface area contributed by atoms with Crippen molar-refractivity contribution in [3.8, 4) is 0 Å². The average Bonchev–Trinajstić information content (AvgIpc) is 2.88. The van der Waals surface area contributed by atoms with Crippen LogP contribution in [-0.2, 0) is 14.4 Å². The number of hydrogen-bond donors (Lipinski definition) is 2. The molecule has 28 heavy (non-hydrogen) atoms. The second kappa shape index (κ2) is 7.08. The summed E-state index contributed by atoms with van der Waals surface area (Å²) in [7, 11) is 0. The summed E-state index contributed by atoms with van der Waals surface area (Å²) in [5, 5.41) is 18.6. The van der Waals surface area contributed by atoms with Crippen molar-refractivity contribution in [2.24, 2.45) is 28.6 Å². The largest absolute Gasteiger partial charge is 0.481 e. The van der Waals surface area contributed by atoms with Crippen LogP contribution in [0.3, 0.4) is 0 Å². The van der Waals surface area contributed by atoms with E-state index in [0.717, 1.165) is 45.4 Å². The number of Topliss-reactive ketones (excluding diaryl/α,β-unsaturated/α-hetero) is 1. The Balaban J connectivity index is 0.000000516. The Bertz CT molecular complexity index is 721. The Morgan fingerprint density at radius 2 is 1.61 bits per heavy atom. The molecule has 0 radical (unpaired) electrons. The van der Waals surface area contributed by atoms with E-state index in [2.05, 4.69) is 13.8 Å². The molecule has 0 saturated heterocycles. The van der Waals surface area contributed by atoms with Crippen molar-refractivity contribution in [3.63, 3.8) is 0 Å². The molecular formula is C23H34O5. The first-order chi connectivity index (χ1) is 13.0. The van der Waals surface area contributed by atoms with E-state index in [1.54, 1.807) is 6.92 Å². The van der Waals surface area contributed by atoms with E-state index in [1.165, 1.54) is 5.57 Å². The van der Waals surface area contributed by atoms with E-state index in [0.29, 0.717) is 36.4 Å². The molecule has 4 aliphatic carbocycles. The first kappa shape index (κ1) is 21.2. The maximum Gasteiger partial charge on any atom is 0.300 e. The summed E-state index contributed by atoms with van der Waals surface area (Å²) in [4.78, 5) is 33.1. The van der Waals surface area contributed by atoms with E-state index in [1.807, 2.05) is 6.08 Å². The third-order valence-corrected chi connectivity index (χ3v) is 8.70.